The van der Waals surface area contributed by atoms with E-state index in [1.807, 2.05) is 4.90 Å². The van der Waals surface area contributed by atoms with Gasteiger partial charge in [-0.2, -0.15) is 13.2 Å². The van der Waals surface area contributed by atoms with Crippen LogP contribution in [0.25, 0.3) is 10.1 Å². The van der Waals surface area contributed by atoms with Crippen molar-refractivity contribution in [3.63, 3.8) is 0 Å². The highest BCUT2D eigenvalue weighted by atomic mass is 32.1. The minimum absolute atomic E-state index is 0.0218. The number of nitro groups is 1. The van der Waals surface area contributed by atoms with Crippen LogP contribution in [0.1, 0.15) is 31.2 Å². The molecule has 2 aromatic rings. The summed E-state index contributed by atoms with van der Waals surface area (Å²) in [5, 5.41) is 11.7. The fourth-order valence-electron chi connectivity index (χ4n) is 4.57. The van der Waals surface area contributed by atoms with Gasteiger partial charge < -0.3 is 10.6 Å². The van der Waals surface area contributed by atoms with Gasteiger partial charge in [0.1, 0.15) is 4.70 Å². The number of fused-ring (bicyclic) bond motifs is 1. The molecule has 1 aromatic carbocycles. The second-order valence-electron chi connectivity index (χ2n) is 8.64. The zero-order chi connectivity index (χ0) is 23.0. The van der Waals surface area contributed by atoms with Crippen LogP contribution in [0.15, 0.2) is 23.0 Å². The van der Waals surface area contributed by atoms with Gasteiger partial charge in [-0.05, 0) is 37.7 Å². The third-order valence-corrected chi connectivity index (χ3v) is 7.63. The Labute approximate surface area is 186 Å². The average molecular weight is 471 g/mol. The second kappa shape index (κ2) is 8.95. The van der Waals surface area contributed by atoms with Crippen LogP contribution in [0.5, 0.6) is 0 Å². The summed E-state index contributed by atoms with van der Waals surface area (Å²) >= 11 is 1.00. The minimum Gasteiger partial charge on any atom is -0.361 e. The van der Waals surface area contributed by atoms with Crippen LogP contribution in [0.4, 0.5) is 23.9 Å². The van der Waals surface area contributed by atoms with Crippen molar-refractivity contribution in [3.8, 4) is 0 Å². The van der Waals surface area contributed by atoms with Crippen molar-refractivity contribution in [2.45, 2.75) is 37.9 Å². The van der Waals surface area contributed by atoms with Gasteiger partial charge in [0.25, 0.3) is 5.69 Å². The molecule has 4 rings (SSSR count). The molecule has 2 heterocycles. The van der Waals surface area contributed by atoms with E-state index in [9.17, 15) is 28.1 Å². The summed E-state index contributed by atoms with van der Waals surface area (Å²) in [6.07, 6.45) is -0.377. The van der Waals surface area contributed by atoms with E-state index in [1.165, 1.54) is 6.07 Å². The molecule has 2 aliphatic rings. The predicted octanol–water partition coefficient (Wildman–Crippen LogP) is 3.83. The maximum Gasteiger partial charge on any atom is 0.416 e. The third-order valence-electron chi connectivity index (χ3n) is 6.41. The van der Waals surface area contributed by atoms with E-state index in [2.05, 4.69) is 4.90 Å². The van der Waals surface area contributed by atoms with Crippen molar-refractivity contribution >= 4 is 32.1 Å². The number of nitrogens with zero attached hydrogens (tertiary/aromatic N) is 3. The third kappa shape index (κ3) is 4.89. The maximum atomic E-state index is 13.1. The molecule has 0 atom stereocenters. The van der Waals surface area contributed by atoms with E-state index in [4.69, 9.17) is 5.73 Å². The number of alkyl halides is 3. The first-order valence-corrected chi connectivity index (χ1v) is 11.5. The lowest BCUT2D eigenvalue weighted by molar-refractivity contribution is -0.383. The van der Waals surface area contributed by atoms with E-state index in [0.29, 0.717) is 42.2 Å². The zero-order valence-corrected chi connectivity index (χ0v) is 18.3. The minimum atomic E-state index is -4.77. The van der Waals surface area contributed by atoms with Gasteiger partial charge in [-0.15, -0.1) is 11.3 Å². The molecule has 1 saturated carbocycles. The van der Waals surface area contributed by atoms with Crippen molar-refractivity contribution in [3.05, 3.63) is 44.1 Å². The number of hydrogen-bond donors (Lipinski definition) is 1. The highest BCUT2D eigenvalue weighted by molar-refractivity contribution is 7.22. The summed E-state index contributed by atoms with van der Waals surface area (Å²) in [7, 11) is 0. The summed E-state index contributed by atoms with van der Waals surface area (Å²) in [5.41, 5.74) is 3.47. The monoisotopic (exact) mass is 470 g/mol. The molecule has 0 spiro atoms. The molecule has 2 N–H and O–H groups in total. The maximum absolute atomic E-state index is 13.1. The highest BCUT2D eigenvalue weighted by Crippen LogP contribution is 2.39. The number of non-ortho nitro benzene ring substituents is 1. The molecular weight excluding hydrogens is 445 g/mol. The van der Waals surface area contributed by atoms with E-state index in [-0.39, 0.29) is 10.1 Å². The Bertz CT molecular complexity index is 1060. The zero-order valence-electron chi connectivity index (χ0n) is 17.4. The molecule has 32 heavy (non-hydrogen) atoms. The fourth-order valence-corrected chi connectivity index (χ4v) is 5.76. The molecule has 174 valence electrons. The Balaban J connectivity index is 1.53. The van der Waals surface area contributed by atoms with Crippen molar-refractivity contribution in [2.24, 2.45) is 11.7 Å². The van der Waals surface area contributed by atoms with E-state index < -0.39 is 27.8 Å². The van der Waals surface area contributed by atoms with Gasteiger partial charge in [0.2, 0.25) is 0 Å². The standard InChI is InChI=1S/C21H25F3N4O3S/c22-21(23,24)14-9-16-18(29)11-19(32-20(16)17(10-14)28(30)31)27-7-5-26(6-8-27)12-13-1-3-15(25)4-2-13/h9-11,13,15H,1-8,12,25H2. The molecule has 2 fully saturated rings. The van der Waals surface area contributed by atoms with Gasteiger partial charge >= 0.3 is 6.18 Å². The van der Waals surface area contributed by atoms with Crippen LogP contribution in [-0.2, 0) is 6.18 Å². The number of halogens is 3. The van der Waals surface area contributed by atoms with Gasteiger partial charge in [-0.3, -0.25) is 19.8 Å². The lowest BCUT2D eigenvalue weighted by Crippen LogP contribution is -2.48. The number of rotatable bonds is 4. The molecule has 1 aliphatic carbocycles. The summed E-state index contributed by atoms with van der Waals surface area (Å²) in [6.45, 7) is 3.93. The van der Waals surface area contributed by atoms with E-state index in [1.54, 1.807) is 0 Å². The Morgan fingerprint density at radius 2 is 1.75 bits per heavy atom. The SMILES string of the molecule is NC1CCC(CN2CCN(c3cc(=O)c4cc(C(F)(F)F)cc([N+](=O)[O-])c4s3)CC2)CC1. The van der Waals surface area contributed by atoms with Crippen molar-refractivity contribution in [2.75, 3.05) is 37.6 Å². The van der Waals surface area contributed by atoms with Crippen LogP contribution in [-0.4, -0.2) is 48.6 Å². The molecule has 1 aliphatic heterocycles. The fraction of sp³-hybridized carbons (Fsp3) is 0.571. The van der Waals surface area contributed by atoms with Crippen molar-refractivity contribution in [1.82, 2.24) is 4.90 Å². The Morgan fingerprint density at radius 1 is 1.09 bits per heavy atom. The number of piperazine rings is 1. The summed E-state index contributed by atoms with van der Waals surface area (Å²) in [5.74, 6) is 0.642. The Kier molecular flexibility index (Phi) is 6.42. The first kappa shape index (κ1) is 22.9. The van der Waals surface area contributed by atoms with Gasteiger partial charge in [0.05, 0.1) is 15.5 Å². The molecular formula is C21H25F3N4O3S. The lowest BCUT2D eigenvalue weighted by atomic mass is 9.86. The van der Waals surface area contributed by atoms with Crippen LogP contribution in [0.2, 0.25) is 0 Å². The smallest absolute Gasteiger partial charge is 0.361 e. The topological polar surface area (TPSA) is 92.7 Å². The highest BCUT2D eigenvalue weighted by Gasteiger charge is 2.34. The van der Waals surface area contributed by atoms with Crippen LogP contribution in [0, 0.1) is 16.0 Å². The van der Waals surface area contributed by atoms with Crippen molar-refractivity contribution < 1.29 is 18.1 Å². The molecule has 11 heteroatoms. The lowest BCUT2D eigenvalue weighted by Gasteiger charge is -2.38. The number of hydrogen-bond acceptors (Lipinski definition) is 7. The first-order chi connectivity index (χ1) is 15.1. The summed E-state index contributed by atoms with van der Waals surface area (Å²) in [4.78, 5) is 27.6. The molecule has 0 amide bonds. The van der Waals surface area contributed by atoms with E-state index >= 15 is 0 Å². The van der Waals surface area contributed by atoms with Crippen LogP contribution >= 0.6 is 11.3 Å². The number of nitro benzene ring substituents is 1. The van der Waals surface area contributed by atoms with Crippen molar-refractivity contribution in [1.29, 1.82) is 0 Å². The Morgan fingerprint density at radius 3 is 2.34 bits per heavy atom. The molecule has 0 unspecified atom stereocenters. The predicted molar refractivity (Wildman–Crippen MR) is 118 cm³/mol. The summed E-state index contributed by atoms with van der Waals surface area (Å²) in [6, 6.07) is 2.83. The number of anilines is 1. The average Bonchev–Trinajstić information content (AvgIpc) is 2.74. The molecule has 7 nitrogen and oxygen atoms in total. The molecule has 0 radical (unpaired) electrons. The molecule has 1 aromatic heterocycles. The largest absolute Gasteiger partial charge is 0.416 e. The molecule has 1 saturated heterocycles. The Hall–Kier alpha value is -2.24. The van der Waals surface area contributed by atoms with Gasteiger partial charge in [0.15, 0.2) is 5.43 Å². The number of nitrogens with two attached hydrogens (primary N) is 1. The van der Waals surface area contributed by atoms with Gasteiger partial charge in [0, 0.05) is 56.3 Å². The van der Waals surface area contributed by atoms with Crippen LogP contribution < -0.4 is 16.1 Å². The number of benzene rings is 1. The summed E-state index contributed by atoms with van der Waals surface area (Å²) < 4.78 is 39.4. The van der Waals surface area contributed by atoms with Gasteiger partial charge in [-0.25, -0.2) is 0 Å². The second-order valence-corrected chi connectivity index (χ2v) is 9.67. The first-order valence-electron chi connectivity index (χ1n) is 10.7. The quantitative estimate of drug-likeness (QED) is 0.539. The molecule has 0 bridgehead atoms. The van der Waals surface area contributed by atoms with Crippen LogP contribution in [0.3, 0.4) is 0 Å². The van der Waals surface area contributed by atoms with Gasteiger partial charge in [-0.1, -0.05) is 0 Å². The normalized spacial score (nSPS) is 22.9. The van der Waals surface area contributed by atoms with E-state index in [0.717, 1.165) is 56.7 Å².